The summed E-state index contributed by atoms with van der Waals surface area (Å²) in [5.41, 5.74) is 7.52. The average molecular weight is 263 g/mol. The van der Waals surface area contributed by atoms with Gasteiger partial charge < -0.3 is 0 Å². The highest BCUT2D eigenvalue weighted by Gasteiger charge is 2.43. The van der Waals surface area contributed by atoms with E-state index in [0.29, 0.717) is 17.9 Å². The van der Waals surface area contributed by atoms with Crippen LogP contribution in [-0.4, -0.2) is 11.9 Å². The van der Waals surface area contributed by atoms with E-state index in [-0.39, 0.29) is 0 Å². The monoisotopic (exact) mass is 263 g/mol. The molecule has 2 aliphatic rings. The third kappa shape index (κ3) is 1.53. The second-order valence-electron chi connectivity index (χ2n) is 6.53. The molecule has 0 aromatic heterocycles. The van der Waals surface area contributed by atoms with Crippen LogP contribution in [0.1, 0.15) is 46.7 Å². The summed E-state index contributed by atoms with van der Waals surface area (Å²) in [6, 6.07) is 16.6. The highest BCUT2D eigenvalue weighted by atomic mass is 15.1. The van der Waals surface area contributed by atoms with E-state index >= 15 is 0 Å². The standard InChI is InChI=1S/C19H21N/c1-12-8-9-14-11-20(3)19-13(2)18(17(14)10-12)15-6-4-5-7-16(15)19/h4-10,13,18-19H,11H2,1-3H3. The Kier molecular flexibility index (Phi) is 2.55. The summed E-state index contributed by atoms with van der Waals surface area (Å²) in [6.45, 7) is 5.69. The van der Waals surface area contributed by atoms with E-state index in [9.17, 15) is 0 Å². The largest absolute Gasteiger partial charge is 0.295 e. The highest BCUT2D eigenvalue weighted by molar-refractivity contribution is 5.50. The minimum Gasteiger partial charge on any atom is -0.295 e. The summed E-state index contributed by atoms with van der Waals surface area (Å²) >= 11 is 0. The van der Waals surface area contributed by atoms with Crippen LogP contribution in [0.3, 0.4) is 0 Å². The first-order valence-electron chi connectivity index (χ1n) is 7.55. The van der Waals surface area contributed by atoms with Gasteiger partial charge in [-0.3, -0.25) is 4.90 Å². The highest BCUT2D eigenvalue weighted by Crippen LogP contribution is 2.53. The lowest BCUT2D eigenvalue weighted by Gasteiger charge is -2.27. The predicted molar refractivity (Wildman–Crippen MR) is 82.8 cm³/mol. The molecule has 2 aromatic carbocycles. The second kappa shape index (κ2) is 4.20. The van der Waals surface area contributed by atoms with Crippen LogP contribution >= 0.6 is 0 Å². The molecule has 1 nitrogen and oxygen atoms in total. The van der Waals surface area contributed by atoms with Gasteiger partial charge in [-0.15, -0.1) is 0 Å². The van der Waals surface area contributed by atoms with Crippen molar-refractivity contribution in [2.75, 3.05) is 7.05 Å². The lowest BCUT2D eigenvalue weighted by Crippen LogP contribution is -2.25. The molecule has 102 valence electrons. The van der Waals surface area contributed by atoms with Crippen molar-refractivity contribution in [1.29, 1.82) is 0 Å². The Bertz CT molecular complexity index is 673. The molecule has 1 aliphatic carbocycles. The van der Waals surface area contributed by atoms with E-state index in [1.54, 1.807) is 16.7 Å². The van der Waals surface area contributed by atoms with E-state index in [1.165, 1.54) is 11.1 Å². The van der Waals surface area contributed by atoms with Crippen LogP contribution in [0.25, 0.3) is 0 Å². The van der Waals surface area contributed by atoms with E-state index in [4.69, 9.17) is 0 Å². The quantitative estimate of drug-likeness (QED) is 0.686. The van der Waals surface area contributed by atoms with Crippen molar-refractivity contribution < 1.29 is 0 Å². The Morgan fingerprint density at radius 2 is 1.75 bits per heavy atom. The van der Waals surface area contributed by atoms with Crippen LogP contribution in [0.5, 0.6) is 0 Å². The second-order valence-corrected chi connectivity index (χ2v) is 6.53. The van der Waals surface area contributed by atoms with Gasteiger partial charge >= 0.3 is 0 Å². The van der Waals surface area contributed by atoms with E-state index in [0.717, 1.165) is 6.54 Å². The van der Waals surface area contributed by atoms with Crippen molar-refractivity contribution in [2.45, 2.75) is 32.4 Å². The molecule has 20 heavy (non-hydrogen) atoms. The number of aryl methyl sites for hydroxylation is 1. The zero-order valence-electron chi connectivity index (χ0n) is 12.4. The maximum absolute atomic E-state index is 2.53. The Morgan fingerprint density at radius 1 is 1.00 bits per heavy atom. The Hall–Kier alpha value is -1.60. The molecular weight excluding hydrogens is 242 g/mol. The molecule has 0 fully saturated rings. The van der Waals surface area contributed by atoms with Gasteiger partial charge in [0.2, 0.25) is 0 Å². The van der Waals surface area contributed by atoms with Gasteiger partial charge in [0, 0.05) is 18.5 Å². The molecule has 0 spiro atoms. The van der Waals surface area contributed by atoms with Crippen molar-refractivity contribution in [3.63, 3.8) is 0 Å². The van der Waals surface area contributed by atoms with Gasteiger partial charge in [-0.1, -0.05) is 55.0 Å². The summed E-state index contributed by atoms with van der Waals surface area (Å²) in [6.07, 6.45) is 0. The lowest BCUT2D eigenvalue weighted by molar-refractivity contribution is 0.194. The molecule has 1 heterocycles. The van der Waals surface area contributed by atoms with Crippen molar-refractivity contribution in [1.82, 2.24) is 4.90 Å². The summed E-state index contributed by atoms with van der Waals surface area (Å²) in [5.74, 6) is 1.22. The van der Waals surface area contributed by atoms with Crippen LogP contribution in [-0.2, 0) is 6.54 Å². The normalized spacial score (nSPS) is 27.9. The van der Waals surface area contributed by atoms with Crippen LogP contribution in [0.15, 0.2) is 42.5 Å². The fourth-order valence-corrected chi connectivity index (χ4v) is 4.42. The third-order valence-electron chi connectivity index (χ3n) is 5.20. The number of hydrogen-bond acceptors (Lipinski definition) is 1. The fourth-order valence-electron chi connectivity index (χ4n) is 4.42. The maximum Gasteiger partial charge on any atom is 0.0386 e. The molecule has 1 aliphatic heterocycles. The summed E-state index contributed by atoms with van der Waals surface area (Å²) in [5, 5.41) is 0. The van der Waals surface area contributed by atoms with E-state index in [2.05, 4.69) is 68.3 Å². The SMILES string of the molecule is Cc1ccc2c(c1)C1c3ccccc3C(C1C)N(C)C2. The molecule has 3 unspecified atom stereocenters. The first-order chi connectivity index (χ1) is 9.66. The molecule has 0 N–H and O–H groups in total. The Balaban J connectivity index is 2.01. The molecule has 0 saturated heterocycles. The first-order valence-corrected chi connectivity index (χ1v) is 7.55. The zero-order valence-corrected chi connectivity index (χ0v) is 12.4. The van der Waals surface area contributed by atoms with E-state index in [1.807, 2.05) is 0 Å². The Morgan fingerprint density at radius 3 is 2.55 bits per heavy atom. The molecule has 1 heteroatoms. The fraction of sp³-hybridized carbons (Fsp3) is 0.368. The van der Waals surface area contributed by atoms with Gasteiger partial charge in [-0.25, -0.2) is 0 Å². The van der Waals surface area contributed by atoms with Crippen LogP contribution in [0, 0.1) is 12.8 Å². The molecule has 2 bridgehead atoms. The van der Waals surface area contributed by atoms with Gasteiger partial charge in [0.15, 0.2) is 0 Å². The van der Waals surface area contributed by atoms with Crippen molar-refractivity contribution >= 4 is 0 Å². The molecule has 0 saturated carbocycles. The van der Waals surface area contributed by atoms with Crippen molar-refractivity contribution in [2.24, 2.45) is 5.92 Å². The number of rotatable bonds is 0. The van der Waals surface area contributed by atoms with Gasteiger partial charge in [0.05, 0.1) is 0 Å². The molecule has 0 radical (unpaired) electrons. The molecule has 3 atom stereocenters. The number of hydrogen-bond donors (Lipinski definition) is 0. The third-order valence-corrected chi connectivity index (χ3v) is 5.20. The minimum atomic E-state index is 0.559. The van der Waals surface area contributed by atoms with Crippen molar-refractivity contribution in [3.8, 4) is 0 Å². The lowest BCUT2D eigenvalue weighted by atomic mass is 9.84. The van der Waals surface area contributed by atoms with Crippen LogP contribution < -0.4 is 0 Å². The molecule has 2 aromatic rings. The van der Waals surface area contributed by atoms with Gasteiger partial charge in [0.1, 0.15) is 0 Å². The average Bonchev–Trinajstić information content (AvgIpc) is 2.66. The molecule has 0 amide bonds. The predicted octanol–water partition coefficient (Wildman–Crippen LogP) is 4.26. The Labute approximate surface area is 121 Å². The number of fused-ring (bicyclic) bond motifs is 7. The summed E-state index contributed by atoms with van der Waals surface area (Å²) < 4.78 is 0. The minimum absolute atomic E-state index is 0.559. The number of nitrogens with zero attached hydrogens (tertiary/aromatic N) is 1. The van der Waals surface area contributed by atoms with Gasteiger partial charge in [-0.05, 0) is 42.1 Å². The topological polar surface area (TPSA) is 3.24 Å². The van der Waals surface area contributed by atoms with Crippen molar-refractivity contribution in [3.05, 3.63) is 70.3 Å². The molecule has 4 rings (SSSR count). The maximum atomic E-state index is 2.53. The summed E-state index contributed by atoms with van der Waals surface area (Å²) in [4.78, 5) is 2.53. The van der Waals surface area contributed by atoms with E-state index < -0.39 is 0 Å². The molecular formula is C19H21N. The van der Waals surface area contributed by atoms with Crippen LogP contribution in [0.4, 0.5) is 0 Å². The first kappa shape index (κ1) is 12.2. The smallest absolute Gasteiger partial charge is 0.0386 e. The van der Waals surface area contributed by atoms with Gasteiger partial charge in [0.25, 0.3) is 0 Å². The van der Waals surface area contributed by atoms with Crippen LogP contribution in [0.2, 0.25) is 0 Å². The number of benzene rings is 2. The zero-order chi connectivity index (χ0) is 13.9. The van der Waals surface area contributed by atoms with Gasteiger partial charge in [-0.2, -0.15) is 0 Å². The summed E-state index contributed by atoms with van der Waals surface area (Å²) in [7, 11) is 2.27.